The third kappa shape index (κ3) is 3.98. The molecule has 1 atom stereocenters. The average Bonchev–Trinajstić information content (AvgIpc) is 2.61. The molecule has 0 fully saturated rings. The Morgan fingerprint density at radius 3 is 2.64 bits per heavy atom. The highest BCUT2D eigenvalue weighted by Gasteiger charge is 2.20. The second-order valence-corrected chi connectivity index (χ2v) is 5.64. The van der Waals surface area contributed by atoms with Gasteiger partial charge in [0.2, 0.25) is 5.91 Å². The van der Waals surface area contributed by atoms with Crippen LogP contribution < -0.4 is 11.1 Å². The lowest BCUT2D eigenvalue weighted by Gasteiger charge is -2.15. The molecular weight excluding hydrogens is 321 g/mol. The molecule has 1 aromatic heterocycles. The number of rotatable bonds is 5. The van der Waals surface area contributed by atoms with Crippen molar-refractivity contribution in [3.05, 3.63) is 77.7 Å². The van der Waals surface area contributed by atoms with Crippen molar-refractivity contribution in [2.45, 2.75) is 12.5 Å². The van der Waals surface area contributed by atoms with Crippen molar-refractivity contribution in [1.29, 1.82) is 0 Å². The summed E-state index contributed by atoms with van der Waals surface area (Å²) in [5.74, 6) is -1.77. The Hall–Kier alpha value is -3.28. The van der Waals surface area contributed by atoms with E-state index in [1.165, 1.54) is 18.2 Å². The highest BCUT2D eigenvalue weighted by molar-refractivity contribution is 5.97. The third-order valence-corrected chi connectivity index (χ3v) is 3.80. The van der Waals surface area contributed by atoms with E-state index < -0.39 is 23.7 Å². The molecule has 5 nitrogen and oxygen atoms in total. The van der Waals surface area contributed by atoms with E-state index in [1.807, 2.05) is 30.3 Å². The fourth-order valence-electron chi connectivity index (χ4n) is 2.53. The Balaban J connectivity index is 1.78. The lowest BCUT2D eigenvalue weighted by atomic mass is 10.1. The predicted molar refractivity (Wildman–Crippen MR) is 92.3 cm³/mol. The first-order chi connectivity index (χ1) is 12.0. The van der Waals surface area contributed by atoms with Gasteiger partial charge in [-0.1, -0.05) is 30.3 Å². The summed E-state index contributed by atoms with van der Waals surface area (Å²) >= 11 is 0. The van der Waals surface area contributed by atoms with Gasteiger partial charge in [-0.25, -0.2) is 4.39 Å². The molecule has 0 aliphatic rings. The van der Waals surface area contributed by atoms with Crippen molar-refractivity contribution in [3.8, 4) is 0 Å². The summed E-state index contributed by atoms with van der Waals surface area (Å²) < 4.78 is 13.2. The molecule has 0 aliphatic heterocycles. The number of carbonyl (C=O) groups excluding carboxylic acids is 2. The van der Waals surface area contributed by atoms with E-state index in [4.69, 9.17) is 5.73 Å². The molecule has 126 valence electrons. The number of para-hydroxylation sites is 1. The van der Waals surface area contributed by atoms with Gasteiger partial charge >= 0.3 is 0 Å². The summed E-state index contributed by atoms with van der Waals surface area (Å²) in [7, 11) is 0. The minimum Gasteiger partial charge on any atom is -0.368 e. The van der Waals surface area contributed by atoms with E-state index in [2.05, 4.69) is 10.3 Å². The van der Waals surface area contributed by atoms with Crippen LogP contribution in [0.25, 0.3) is 10.9 Å². The third-order valence-electron chi connectivity index (χ3n) is 3.80. The van der Waals surface area contributed by atoms with Gasteiger partial charge in [0.05, 0.1) is 5.52 Å². The van der Waals surface area contributed by atoms with Gasteiger partial charge in [-0.05, 0) is 30.3 Å². The molecule has 3 aromatic rings. The van der Waals surface area contributed by atoms with Crippen molar-refractivity contribution in [3.63, 3.8) is 0 Å². The van der Waals surface area contributed by atoms with Crippen LogP contribution in [0, 0.1) is 5.82 Å². The normalized spacial score (nSPS) is 11.9. The molecule has 25 heavy (non-hydrogen) atoms. The number of primary amides is 1. The van der Waals surface area contributed by atoms with Crippen LogP contribution >= 0.6 is 0 Å². The maximum atomic E-state index is 13.2. The quantitative estimate of drug-likeness (QED) is 0.748. The maximum absolute atomic E-state index is 13.2. The highest BCUT2D eigenvalue weighted by atomic mass is 19.1. The van der Waals surface area contributed by atoms with Crippen molar-refractivity contribution >= 4 is 22.7 Å². The molecule has 1 heterocycles. The van der Waals surface area contributed by atoms with E-state index >= 15 is 0 Å². The van der Waals surface area contributed by atoms with Gasteiger partial charge in [0, 0.05) is 23.1 Å². The Bertz CT molecular complexity index is 943. The number of nitrogens with zero attached hydrogens (tertiary/aromatic N) is 1. The number of pyridine rings is 1. The van der Waals surface area contributed by atoms with Crippen LogP contribution in [0.2, 0.25) is 0 Å². The van der Waals surface area contributed by atoms with Gasteiger partial charge in [-0.15, -0.1) is 0 Å². The SMILES string of the molecule is NC(=O)[C@H](Cc1ccc2ccccc2n1)NC(=O)c1cccc(F)c1. The van der Waals surface area contributed by atoms with E-state index in [9.17, 15) is 14.0 Å². The molecule has 2 amide bonds. The van der Waals surface area contributed by atoms with Gasteiger partial charge in [0.25, 0.3) is 5.91 Å². The second kappa shape index (κ2) is 7.09. The molecule has 0 unspecified atom stereocenters. The number of benzene rings is 2. The fourth-order valence-corrected chi connectivity index (χ4v) is 2.53. The molecule has 0 saturated heterocycles. The van der Waals surface area contributed by atoms with Gasteiger partial charge in [-0.2, -0.15) is 0 Å². The monoisotopic (exact) mass is 337 g/mol. The van der Waals surface area contributed by atoms with Gasteiger partial charge in [0.15, 0.2) is 0 Å². The van der Waals surface area contributed by atoms with Crippen LogP contribution in [0.1, 0.15) is 16.1 Å². The minimum absolute atomic E-state index is 0.123. The predicted octanol–water partition coefficient (Wildman–Crippen LogP) is 2.20. The number of carbonyl (C=O) groups is 2. The van der Waals surface area contributed by atoms with Crippen LogP contribution in [0.15, 0.2) is 60.7 Å². The minimum atomic E-state index is -0.940. The van der Waals surface area contributed by atoms with Crippen molar-refractivity contribution in [2.75, 3.05) is 0 Å². The Kier molecular flexibility index (Phi) is 4.70. The van der Waals surface area contributed by atoms with Crippen molar-refractivity contribution in [2.24, 2.45) is 5.73 Å². The summed E-state index contributed by atoms with van der Waals surface area (Å²) in [5, 5.41) is 3.51. The fraction of sp³-hybridized carbons (Fsp3) is 0.105. The number of aromatic nitrogens is 1. The Morgan fingerprint density at radius 1 is 1.08 bits per heavy atom. The van der Waals surface area contributed by atoms with Crippen molar-refractivity contribution < 1.29 is 14.0 Å². The zero-order chi connectivity index (χ0) is 17.8. The molecule has 0 saturated carbocycles. The number of halogens is 1. The summed E-state index contributed by atoms with van der Waals surface area (Å²) in [6.45, 7) is 0. The summed E-state index contributed by atoms with van der Waals surface area (Å²) in [5.41, 5.74) is 6.94. The number of amides is 2. The first-order valence-electron chi connectivity index (χ1n) is 7.73. The molecule has 3 rings (SSSR count). The van der Waals surface area contributed by atoms with Crippen LogP contribution in [0.3, 0.4) is 0 Å². The molecule has 2 aromatic carbocycles. The Morgan fingerprint density at radius 2 is 1.88 bits per heavy atom. The first kappa shape index (κ1) is 16.6. The molecule has 0 aliphatic carbocycles. The maximum Gasteiger partial charge on any atom is 0.252 e. The topological polar surface area (TPSA) is 85.1 Å². The smallest absolute Gasteiger partial charge is 0.252 e. The molecular formula is C19H16FN3O2. The summed E-state index contributed by atoms with van der Waals surface area (Å²) in [6, 6.07) is 15.5. The molecule has 0 spiro atoms. The van der Waals surface area contributed by atoms with Gasteiger partial charge < -0.3 is 11.1 Å². The number of fused-ring (bicyclic) bond motifs is 1. The number of nitrogens with two attached hydrogens (primary N) is 1. The van der Waals surface area contributed by atoms with Crippen LogP contribution in [-0.2, 0) is 11.2 Å². The molecule has 0 radical (unpaired) electrons. The number of nitrogens with one attached hydrogen (secondary N) is 1. The summed E-state index contributed by atoms with van der Waals surface area (Å²) in [4.78, 5) is 28.4. The average molecular weight is 337 g/mol. The van der Waals surface area contributed by atoms with E-state index in [0.29, 0.717) is 5.69 Å². The first-order valence-corrected chi connectivity index (χ1v) is 7.73. The molecule has 3 N–H and O–H groups in total. The lowest BCUT2D eigenvalue weighted by Crippen LogP contribution is -2.46. The van der Waals surface area contributed by atoms with Crippen LogP contribution in [-0.4, -0.2) is 22.8 Å². The number of hydrogen-bond donors (Lipinski definition) is 2. The van der Waals surface area contributed by atoms with E-state index in [1.54, 1.807) is 6.07 Å². The van der Waals surface area contributed by atoms with Crippen molar-refractivity contribution in [1.82, 2.24) is 10.3 Å². The lowest BCUT2D eigenvalue weighted by molar-refractivity contribution is -0.119. The Labute approximate surface area is 143 Å². The largest absolute Gasteiger partial charge is 0.368 e. The molecule has 6 heteroatoms. The second-order valence-electron chi connectivity index (χ2n) is 5.64. The zero-order valence-corrected chi connectivity index (χ0v) is 13.3. The van der Waals surface area contributed by atoms with Gasteiger partial charge in [-0.3, -0.25) is 14.6 Å². The highest BCUT2D eigenvalue weighted by Crippen LogP contribution is 2.13. The van der Waals surface area contributed by atoms with E-state index in [0.717, 1.165) is 17.0 Å². The van der Waals surface area contributed by atoms with Gasteiger partial charge in [0.1, 0.15) is 11.9 Å². The number of hydrogen-bond acceptors (Lipinski definition) is 3. The van der Waals surface area contributed by atoms with Crippen LogP contribution in [0.4, 0.5) is 4.39 Å². The van der Waals surface area contributed by atoms with Crippen LogP contribution in [0.5, 0.6) is 0 Å². The summed E-state index contributed by atoms with van der Waals surface area (Å²) in [6.07, 6.45) is 0.154. The van der Waals surface area contributed by atoms with E-state index in [-0.39, 0.29) is 12.0 Å². The zero-order valence-electron chi connectivity index (χ0n) is 13.3. The standard InChI is InChI=1S/C19H16FN3O2/c20-14-6-3-5-13(10-14)19(25)23-17(18(21)24)11-15-9-8-12-4-1-2-7-16(12)22-15/h1-10,17H,11H2,(H2,21,24)(H,23,25)/t17-/m0/s1. The molecule has 0 bridgehead atoms.